The molecular weight excluding hydrogens is 210 g/mol. The zero-order valence-electron chi connectivity index (χ0n) is 10.8. The SMILES string of the molecule is C[C@@H]1CCC[C@H](C)N1C[C@H](O)c1ccccc1. The van der Waals surface area contributed by atoms with Gasteiger partial charge in [0.15, 0.2) is 0 Å². The topological polar surface area (TPSA) is 23.5 Å². The minimum Gasteiger partial charge on any atom is -0.387 e. The van der Waals surface area contributed by atoms with E-state index in [1.807, 2.05) is 30.3 Å². The van der Waals surface area contributed by atoms with Crippen LogP contribution in [0, 0.1) is 0 Å². The summed E-state index contributed by atoms with van der Waals surface area (Å²) < 4.78 is 0. The first-order valence-corrected chi connectivity index (χ1v) is 6.67. The van der Waals surface area contributed by atoms with E-state index in [0.29, 0.717) is 12.1 Å². The van der Waals surface area contributed by atoms with Gasteiger partial charge < -0.3 is 5.11 Å². The Morgan fingerprint density at radius 3 is 2.35 bits per heavy atom. The predicted octanol–water partition coefficient (Wildman–Crippen LogP) is 2.98. The molecule has 1 aromatic rings. The maximum absolute atomic E-state index is 10.3. The van der Waals surface area contributed by atoms with Gasteiger partial charge in [0.2, 0.25) is 0 Å². The second-order valence-corrected chi connectivity index (χ2v) is 5.25. The zero-order chi connectivity index (χ0) is 12.3. The van der Waals surface area contributed by atoms with Crippen LogP contribution in [0.4, 0.5) is 0 Å². The molecule has 0 aliphatic carbocycles. The molecule has 1 aliphatic rings. The summed E-state index contributed by atoms with van der Waals surface area (Å²) in [7, 11) is 0. The molecule has 1 N–H and O–H groups in total. The number of β-amino-alcohol motifs (C(OH)–C–C–N with tert-alkyl or cyclic N) is 1. The molecule has 0 amide bonds. The molecular formula is C15H23NO. The number of nitrogens with zero attached hydrogens (tertiary/aromatic N) is 1. The third-order valence-electron chi connectivity index (χ3n) is 3.94. The van der Waals surface area contributed by atoms with E-state index >= 15 is 0 Å². The van der Waals surface area contributed by atoms with Crippen molar-refractivity contribution in [1.29, 1.82) is 0 Å². The van der Waals surface area contributed by atoms with Crippen molar-refractivity contribution in [2.24, 2.45) is 0 Å². The number of hydrogen-bond acceptors (Lipinski definition) is 2. The van der Waals surface area contributed by atoms with Gasteiger partial charge in [0.1, 0.15) is 0 Å². The first kappa shape index (κ1) is 12.6. The second-order valence-electron chi connectivity index (χ2n) is 5.25. The smallest absolute Gasteiger partial charge is 0.0917 e. The van der Waals surface area contributed by atoms with Crippen LogP contribution in [-0.4, -0.2) is 28.6 Å². The molecule has 1 fully saturated rings. The van der Waals surface area contributed by atoms with Gasteiger partial charge in [0.05, 0.1) is 6.10 Å². The number of likely N-dealkylation sites (tertiary alicyclic amines) is 1. The van der Waals surface area contributed by atoms with Crippen LogP contribution in [0.1, 0.15) is 44.8 Å². The molecule has 2 heteroatoms. The van der Waals surface area contributed by atoms with Crippen LogP contribution in [0.5, 0.6) is 0 Å². The van der Waals surface area contributed by atoms with Gasteiger partial charge in [-0.15, -0.1) is 0 Å². The normalized spacial score (nSPS) is 27.9. The molecule has 1 aliphatic heterocycles. The summed E-state index contributed by atoms with van der Waals surface area (Å²) in [5, 5.41) is 10.3. The lowest BCUT2D eigenvalue weighted by Gasteiger charge is -2.40. The summed E-state index contributed by atoms with van der Waals surface area (Å²) in [6, 6.07) is 11.2. The van der Waals surface area contributed by atoms with Crippen LogP contribution in [0.3, 0.4) is 0 Å². The van der Waals surface area contributed by atoms with Crippen LogP contribution in [0.2, 0.25) is 0 Å². The third kappa shape index (κ3) is 3.08. The fourth-order valence-corrected chi connectivity index (χ4v) is 2.81. The summed E-state index contributed by atoms with van der Waals surface area (Å²) in [6.07, 6.45) is 3.47. The lowest BCUT2D eigenvalue weighted by atomic mass is 9.96. The Labute approximate surface area is 104 Å². The third-order valence-corrected chi connectivity index (χ3v) is 3.94. The van der Waals surface area contributed by atoms with Gasteiger partial charge in [0.25, 0.3) is 0 Å². The van der Waals surface area contributed by atoms with Gasteiger partial charge in [-0.1, -0.05) is 36.8 Å². The van der Waals surface area contributed by atoms with Crippen molar-refractivity contribution < 1.29 is 5.11 Å². The molecule has 1 saturated heterocycles. The molecule has 0 aromatic heterocycles. The highest BCUT2D eigenvalue weighted by Crippen LogP contribution is 2.25. The van der Waals surface area contributed by atoms with Crippen molar-refractivity contribution in [3.05, 3.63) is 35.9 Å². The lowest BCUT2D eigenvalue weighted by molar-refractivity contribution is 0.0412. The molecule has 17 heavy (non-hydrogen) atoms. The van der Waals surface area contributed by atoms with Gasteiger partial charge in [0, 0.05) is 18.6 Å². The molecule has 94 valence electrons. The largest absolute Gasteiger partial charge is 0.387 e. The summed E-state index contributed by atoms with van der Waals surface area (Å²) in [6.45, 7) is 5.30. The van der Waals surface area contributed by atoms with Crippen LogP contribution in [0.25, 0.3) is 0 Å². The molecule has 0 spiro atoms. The Morgan fingerprint density at radius 1 is 1.18 bits per heavy atom. The Kier molecular flexibility index (Phi) is 4.19. The summed E-state index contributed by atoms with van der Waals surface area (Å²) in [5.74, 6) is 0. The number of aliphatic hydroxyl groups excluding tert-OH is 1. The maximum atomic E-state index is 10.3. The monoisotopic (exact) mass is 233 g/mol. The first-order chi connectivity index (χ1) is 8.18. The second kappa shape index (κ2) is 5.65. The summed E-state index contributed by atoms with van der Waals surface area (Å²) in [5.41, 5.74) is 1.03. The number of aliphatic hydroxyl groups is 1. The fourth-order valence-electron chi connectivity index (χ4n) is 2.81. The molecule has 0 unspecified atom stereocenters. The van der Waals surface area contributed by atoms with Gasteiger partial charge in [-0.25, -0.2) is 0 Å². The number of hydrogen-bond donors (Lipinski definition) is 1. The Hall–Kier alpha value is -0.860. The maximum Gasteiger partial charge on any atom is 0.0917 e. The average molecular weight is 233 g/mol. The minimum atomic E-state index is -0.362. The van der Waals surface area contributed by atoms with E-state index in [-0.39, 0.29) is 6.10 Å². The molecule has 2 nitrogen and oxygen atoms in total. The molecule has 1 heterocycles. The Balaban J connectivity index is 2.00. The van der Waals surface area contributed by atoms with E-state index in [4.69, 9.17) is 0 Å². The van der Waals surface area contributed by atoms with Crippen molar-refractivity contribution in [3.8, 4) is 0 Å². The fraction of sp³-hybridized carbons (Fsp3) is 0.600. The van der Waals surface area contributed by atoms with E-state index < -0.39 is 0 Å². The number of rotatable bonds is 3. The standard InChI is InChI=1S/C15H23NO/c1-12-7-6-8-13(2)16(12)11-15(17)14-9-4-3-5-10-14/h3-5,9-10,12-13,15,17H,6-8,11H2,1-2H3/t12-,13+,15-/m0/s1. The van der Waals surface area contributed by atoms with E-state index in [1.165, 1.54) is 19.3 Å². The van der Waals surface area contributed by atoms with Gasteiger partial charge in [-0.05, 0) is 32.3 Å². The van der Waals surface area contributed by atoms with Crippen LogP contribution >= 0.6 is 0 Å². The Bertz CT molecular complexity index is 328. The molecule has 0 saturated carbocycles. The van der Waals surface area contributed by atoms with E-state index in [2.05, 4.69) is 18.7 Å². The number of benzene rings is 1. The van der Waals surface area contributed by atoms with Crippen molar-refractivity contribution in [3.63, 3.8) is 0 Å². The van der Waals surface area contributed by atoms with Crippen molar-refractivity contribution in [2.45, 2.75) is 51.3 Å². The quantitative estimate of drug-likeness (QED) is 0.867. The highest BCUT2D eigenvalue weighted by molar-refractivity contribution is 5.17. The van der Waals surface area contributed by atoms with Crippen LogP contribution in [-0.2, 0) is 0 Å². The van der Waals surface area contributed by atoms with Gasteiger partial charge in [-0.3, -0.25) is 4.90 Å². The van der Waals surface area contributed by atoms with E-state index in [0.717, 1.165) is 12.1 Å². The summed E-state index contributed by atoms with van der Waals surface area (Å²) >= 11 is 0. The molecule has 3 atom stereocenters. The van der Waals surface area contributed by atoms with E-state index in [1.54, 1.807) is 0 Å². The zero-order valence-corrected chi connectivity index (χ0v) is 10.8. The average Bonchev–Trinajstić information content (AvgIpc) is 2.35. The van der Waals surface area contributed by atoms with Crippen LogP contribution in [0.15, 0.2) is 30.3 Å². The highest BCUT2D eigenvalue weighted by atomic mass is 16.3. The lowest BCUT2D eigenvalue weighted by Crippen LogP contribution is -2.45. The Morgan fingerprint density at radius 2 is 1.76 bits per heavy atom. The highest BCUT2D eigenvalue weighted by Gasteiger charge is 2.26. The van der Waals surface area contributed by atoms with E-state index in [9.17, 15) is 5.11 Å². The van der Waals surface area contributed by atoms with Crippen molar-refractivity contribution >= 4 is 0 Å². The predicted molar refractivity (Wildman–Crippen MR) is 70.9 cm³/mol. The summed E-state index contributed by atoms with van der Waals surface area (Å²) in [4.78, 5) is 2.45. The number of piperidine rings is 1. The van der Waals surface area contributed by atoms with Crippen molar-refractivity contribution in [2.75, 3.05) is 6.54 Å². The molecule has 0 bridgehead atoms. The minimum absolute atomic E-state index is 0.362. The molecule has 1 aromatic carbocycles. The van der Waals surface area contributed by atoms with Gasteiger partial charge >= 0.3 is 0 Å². The first-order valence-electron chi connectivity index (χ1n) is 6.67. The molecule has 0 radical (unpaired) electrons. The van der Waals surface area contributed by atoms with Crippen LogP contribution < -0.4 is 0 Å². The van der Waals surface area contributed by atoms with Gasteiger partial charge in [-0.2, -0.15) is 0 Å². The van der Waals surface area contributed by atoms with Crippen molar-refractivity contribution in [1.82, 2.24) is 4.90 Å². The molecule has 2 rings (SSSR count).